The number of anilines is 2. The molecule has 2 rings (SSSR count). The molecule has 0 bridgehead atoms. The molecule has 1 heterocycles. The first-order valence-electron chi connectivity index (χ1n) is 6.23. The van der Waals surface area contributed by atoms with Gasteiger partial charge in [0.1, 0.15) is 5.82 Å². The van der Waals surface area contributed by atoms with Gasteiger partial charge in [-0.2, -0.15) is 5.10 Å². The highest BCUT2D eigenvalue weighted by Crippen LogP contribution is 2.20. The van der Waals surface area contributed by atoms with Gasteiger partial charge in [0, 0.05) is 16.8 Å². The normalized spacial score (nSPS) is 10.5. The van der Waals surface area contributed by atoms with Crippen LogP contribution in [0.15, 0.2) is 18.3 Å². The van der Waals surface area contributed by atoms with E-state index in [2.05, 4.69) is 15.5 Å². The van der Waals surface area contributed by atoms with Crippen molar-refractivity contribution in [1.82, 2.24) is 10.2 Å². The third-order valence-corrected chi connectivity index (χ3v) is 3.19. The summed E-state index contributed by atoms with van der Waals surface area (Å²) >= 11 is 0. The zero-order valence-corrected chi connectivity index (χ0v) is 11.4. The van der Waals surface area contributed by atoms with Crippen LogP contribution in [0.4, 0.5) is 11.5 Å². The lowest BCUT2D eigenvalue weighted by molar-refractivity contribution is 0.102. The van der Waals surface area contributed by atoms with Crippen molar-refractivity contribution in [1.29, 1.82) is 0 Å². The number of nitrogen functional groups attached to an aromatic ring is 1. The van der Waals surface area contributed by atoms with Gasteiger partial charge in [0.15, 0.2) is 0 Å². The molecule has 19 heavy (non-hydrogen) atoms. The van der Waals surface area contributed by atoms with Gasteiger partial charge in [0.05, 0.1) is 6.20 Å². The molecule has 2 aromatic rings. The third-order valence-electron chi connectivity index (χ3n) is 3.19. The molecule has 0 saturated heterocycles. The standard InChI is InChI=1S/C14H18N4O/c1-4-10-7-16-18-13(10)17-14(19)11-6-12(15)9(3)5-8(11)2/h5-7H,4,15H2,1-3H3,(H2,16,17,18,19). The maximum Gasteiger partial charge on any atom is 0.257 e. The predicted octanol–water partition coefficient (Wildman–Crippen LogP) is 2.42. The molecule has 0 spiro atoms. The molecule has 0 aliphatic heterocycles. The summed E-state index contributed by atoms with van der Waals surface area (Å²) in [5.41, 5.74) is 9.92. The number of benzene rings is 1. The third kappa shape index (κ3) is 2.59. The molecule has 0 unspecified atom stereocenters. The van der Waals surface area contributed by atoms with Crippen LogP contribution in [0.25, 0.3) is 0 Å². The minimum atomic E-state index is -0.178. The van der Waals surface area contributed by atoms with E-state index in [9.17, 15) is 4.79 Å². The minimum absolute atomic E-state index is 0.178. The Labute approximate surface area is 112 Å². The van der Waals surface area contributed by atoms with E-state index in [1.807, 2.05) is 26.8 Å². The van der Waals surface area contributed by atoms with Crippen molar-refractivity contribution >= 4 is 17.4 Å². The summed E-state index contributed by atoms with van der Waals surface area (Å²) in [6.45, 7) is 5.83. The average Bonchev–Trinajstić information content (AvgIpc) is 2.80. The van der Waals surface area contributed by atoms with E-state index in [0.717, 1.165) is 23.1 Å². The molecule has 5 heteroatoms. The van der Waals surface area contributed by atoms with E-state index < -0.39 is 0 Å². The number of aryl methyl sites for hydroxylation is 3. The Balaban J connectivity index is 2.28. The van der Waals surface area contributed by atoms with Crippen molar-refractivity contribution in [3.8, 4) is 0 Å². The predicted molar refractivity (Wildman–Crippen MR) is 76.2 cm³/mol. The molecule has 0 saturated carbocycles. The fraction of sp³-hybridized carbons (Fsp3) is 0.286. The molecule has 0 aliphatic carbocycles. The molecular formula is C14H18N4O. The first kappa shape index (κ1) is 13.1. The van der Waals surface area contributed by atoms with Crippen LogP contribution in [0.5, 0.6) is 0 Å². The van der Waals surface area contributed by atoms with Crippen LogP contribution >= 0.6 is 0 Å². The smallest absolute Gasteiger partial charge is 0.257 e. The van der Waals surface area contributed by atoms with Gasteiger partial charge < -0.3 is 11.1 Å². The fourth-order valence-electron chi connectivity index (χ4n) is 1.98. The number of carbonyl (C=O) groups is 1. The number of nitrogens with one attached hydrogen (secondary N) is 2. The van der Waals surface area contributed by atoms with E-state index in [1.54, 1.807) is 12.3 Å². The second kappa shape index (κ2) is 5.14. The second-order valence-electron chi connectivity index (χ2n) is 4.60. The summed E-state index contributed by atoms with van der Waals surface area (Å²) in [6.07, 6.45) is 2.52. The quantitative estimate of drug-likeness (QED) is 0.739. The number of nitrogens with zero attached hydrogens (tertiary/aromatic N) is 1. The van der Waals surface area contributed by atoms with Gasteiger partial charge in [-0.05, 0) is 37.5 Å². The minimum Gasteiger partial charge on any atom is -0.398 e. The number of hydrogen-bond donors (Lipinski definition) is 3. The van der Waals surface area contributed by atoms with Gasteiger partial charge in [0.2, 0.25) is 0 Å². The van der Waals surface area contributed by atoms with Crippen molar-refractivity contribution in [2.24, 2.45) is 0 Å². The monoisotopic (exact) mass is 258 g/mol. The number of carbonyl (C=O) groups excluding carboxylic acids is 1. The van der Waals surface area contributed by atoms with Crippen LogP contribution in [0.1, 0.15) is 34.0 Å². The van der Waals surface area contributed by atoms with Crippen molar-refractivity contribution in [2.75, 3.05) is 11.1 Å². The van der Waals surface area contributed by atoms with Crippen LogP contribution < -0.4 is 11.1 Å². The zero-order chi connectivity index (χ0) is 14.0. The Bertz CT molecular complexity index is 616. The fourth-order valence-corrected chi connectivity index (χ4v) is 1.98. The number of nitrogens with two attached hydrogens (primary N) is 1. The van der Waals surface area contributed by atoms with Crippen LogP contribution in [-0.4, -0.2) is 16.1 Å². The largest absolute Gasteiger partial charge is 0.398 e. The number of rotatable bonds is 3. The summed E-state index contributed by atoms with van der Waals surface area (Å²) in [5.74, 6) is 0.467. The molecular weight excluding hydrogens is 240 g/mol. The average molecular weight is 258 g/mol. The van der Waals surface area contributed by atoms with Gasteiger partial charge in [-0.3, -0.25) is 9.89 Å². The Morgan fingerprint density at radius 2 is 2.11 bits per heavy atom. The lowest BCUT2D eigenvalue weighted by atomic mass is 10.0. The number of amides is 1. The molecule has 0 atom stereocenters. The molecule has 4 N–H and O–H groups in total. The molecule has 5 nitrogen and oxygen atoms in total. The topological polar surface area (TPSA) is 83.8 Å². The van der Waals surface area contributed by atoms with Crippen molar-refractivity contribution < 1.29 is 4.79 Å². The van der Waals surface area contributed by atoms with Crippen molar-refractivity contribution in [2.45, 2.75) is 27.2 Å². The molecule has 1 amide bonds. The summed E-state index contributed by atoms with van der Waals surface area (Å²) in [4.78, 5) is 12.3. The first-order valence-corrected chi connectivity index (χ1v) is 6.23. The highest BCUT2D eigenvalue weighted by molar-refractivity contribution is 6.05. The summed E-state index contributed by atoms with van der Waals surface area (Å²) in [7, 11) is 0. The van der Waals surface area contributed by atoms with Crippen LogP contribution in [0.3, 0.4) is 0 Å². The Hall–Kier alpha value is -2.30. The van der Waals surface area contributed by atoms with Gasteiger partial charge >= 0.3 is 0 Å². The van der Waals surface area contributed by atoms with Gasteiger partial charge in [-0.1, -0.05) is 13.0 Å². The van der Waals surface area contributed by atoms with Crippen LogP contribution in [-0.2, 0) is 6.42 Å². The highest BCUT2D eigenvalue weighted by Gasteiger charge is 2.13. The number of aromatic amines is 1. The summed E-state index contributed by atoms with van der Waals surface area (Å²) in [6, 6.07) is 3.62. The van der Waals surface area contributed by atoms with Gasteiger partial charge in [-0.25, -0.2) is 0 Å². The molecule has 1 aromatic heterocycles. The van der Waals surface area contributed by atoms with Crippen LogP contribution in [0.2, 0.25) is 0 Å². The van der Waals surface area contributed by atoms with E-state index in [0.29, 0.717) is 17.1 Å². The second-order valence-corrected chi connectivity index (χ2v) is 4.60. The summed E-state index contributed by atoms with van der Waals surface area (Å²) < 4.78 is 0. The number of H-pyrrole nitrogens is 1. The van der Waals surface area contributed by atoms with E-state index in [4.69, 9.17) is 5.73 Å². The lowest BCUT2D eigenvalue weighted by Crippen LogP contribution is -2.15. The maximum atomic E-state index is 12.3. The Morgan fingerprint density at radius 1 is 1.37 bits per heavy atom. The Morgan fingerprint density at radius 3 is 2.79 bits per heavy atom. The molecule has 0 radical (unpaired) electrons. The van der Waals surface area contributed by atoms with Gasteiger partial charge in [-0.15, -0.1) is 0 Å². The molecule has 1 aromatic carbocycles. The zero-order valence-electron chi connectivity index (χ0n) is 11.4. The number of aromatic nitrogens is 2. The van der Waals surface area contributed by atoms with Crippen molar-refractivity contribution in [3.63, 3.8) is 0 Å². The Kier molecular flexibility index (Phi) is 3.55. The molecule has 0 fully saturated rings. The highest BCUT2D eigenvalue weighted by atomic mass is 16.1. The van der Waals surface area contributed by atoms with E-state index >= 15 is 0 Å². The SMILES string of the molecule is CCc1cn[nH]c1NC(=O)c1cc(N)c(C)cc1C. The van der Waals surface area contributed by atoms with Gasteiger partial charge in [0.25, 0.3) is 5.91 Å². The van der Waals surface area contributed by atoms with Crippen molar-refractivity contribution in [3.05, 3.63) is 40.6 Å². The molecule has 100 valence electrons. The molecule has 0 aliphatic rings. The first-order chi connectivity index (χ1) is 9.02. The van der Waals surface area contributed by atoms with Crippen LogP contribution in [0, 0.1) is 13.8 Å². The number of hydrogen-bond acceptors (Lipinski definition) is 3. The van der Waals surface area contributed by atoms with E-state index in [-0.39, 0.29) is 5.91 Å². The maximum absolute atomic E-state index is 12.3. The van der Waals surface area contributed by atoms with E-state index in [1.165, 1.54) is 0 Å². The summed E-state index contributed by atoms with van der Waals surface area (Å²) in [5, 5.41) is 9.55. The lowest BCUT2D eigenvalue weighted by Gasteiger charge is -2.10.